The number of halogens is 1. The molecule has 174 valence electrons. The highest BCUT2D eigenvalue weighted by Crippen LogP contribution is 2.40. The van der Waals surface area contributed by atoms with Crippen LogP contribution in [0.25, 0.3) is 10.6 Å². The number of carbonyl (C=O) groups is 1. The van der Waals surface area contributed by atoms with Gasteiger partial charge in [0.1, 0.15) is 22.5 Å². The van der Waals surface area contributed by atoms with Gasteiger partial charge in [-0.3, -0.25) is 9.78 Å². The summed E-state index contributed by atoms with van der Waals surface area (Å²) in [6, 6.07) is 10.6. The number of nitrogens with zero attached hydrogens (tertiary/aromatic N) is 2. The number of hydrogen-bond acceptors (Lipinski definition) is 8. The molecule has 33 heavy (non-hydrogen) atoms. The van der Waals surface area contributed by atoms with Crippen LogP contribution in [0.15, 0.2) is 42.6 Å². The summed E-state index contributed by atoms with van der Waals surface area (Å²) in [7, 11) is -1.86. The molecule has 1 aromatic carbocycles. The number of thiophene rings is 1. The number of carbonyl (C=O) groups excluding carboxylic acids is 1. The quantitative estimate of drug-likeness (QED) is 0.497. The van der Waals surface area contributed by atoms with E-state index in [0.717, 1.165) is 22.4 Å². The van der Waals surface area contributed by atoms with Gasteiger partial charge < -0.3 is 19.5 Å². The fourth-order valence-electron chi connectivity index (χ4n) is 3.48. The number of sulfone groups is 1. The summed E-state index contributed by atoms with van der Waals surface area (Å²) in [5.41, 5.74) is 2.31. The predicted octanol–water partition coefficient (Wildman–Crippen LogP) is 3.42. The van der Waals surface area contributed by atoms with Crippen LogP contribution in [0.5, 0.6) is 11.5 Å². The van der Waals surface area contributed by atoms with Gasteiger partial charge >= 0.3 is 0 Å². The van der Waals surface area contributed by atoms with E-state index in [1.807, 2.05) is 12.1 Å². The minimum Gasteiger partial charge on any atom is -0.493 e. The van der Waals surface area contributed by atoms with Gasteiger partial charge in [-0.15, -0.1) is 11.3 Å². The summed E-state index contributed by atoms with van der Waals surface area (Å²) in [6.45, 7) is 0.207. The highest BCUT2D eigenvalue weighted by molar-refractivity contribution is 7.90. The van der Waals surface area contributed by atoms with Gasteiger partial charge in [-0.2, -0.15) is 0 Å². The normalized spacial score (nSPS) is 14.3. The molecule has 0 spiro atoms. The van der Waals surface area contributed by atoms with E-state index >= 15 is 0 Å². The van der Waals surface area contributed by atoms with Crippen LogP contribution in [0.1, 0.15) is 15.2 Å². The Balaban J connectivity index is 1.49. The monoisotopic (exact) mass is 508 g/mol. The van der Waals surface area contributed by atoms with Crippen LogP contribution in [-0.2, 0) is 16.4 Å². The summed E-state index contributed by atoms with van der Waals surface area (Å²) in [5.74, 6) is 0.194. The molecule has 1 atom stereocenters. The van der Waals surface area contributed by atoms with Crippen molar-refractivity contribution in [1.29, 1.82) is 0 Å². The minimum atomic E-state index is -3.33. The number of aliphatic hydroxyl groups is 1. The second-order valence-corrected chi connectivity index (χ2v) is 11.3. The molecule has 11 heteroatoms. The number of hydrogen-bond donors (Lipinski definition) is 1. The van der Waals surface area contributed by atoms with Gasteiger partial charge in [-0.1, -0.05) is 11.6 Å². The van der Waals surface area contributed by atoms with Crippen molar-refractivity contribution in [2.45, 2.75) is 12.6 Å². The first-order valence-corrected chi connectivity index (χ1v) is 13.1. The third-order valence-corrected chi connectivity index (χ3v) is 7.34. The van der Waals surface area contributed by atoms with E-state index in [1.165, 1.54) is 18.4 Å². The Hall–Kier alpha value is -2.66. The SMILES string of the molecule is COc1cc(N2Cc3cc(-c4ccc(Cl)cn4)sc3C2=O)ccc1OC[C@H](O)CS(C)(=O)=O. The molecule has 0 fully saturated rings. The third-order valence-electron chi connectivity index (χ3n) is 4.94. The summed E-state index contributed by atoms with van der Waals surface area (Å²) in [4.78, 5) is 20.6. The maximum atomic E-state index is 13.1. The van der Waals surface area contributed by atoms with Gasteiger partial charge in [0.15, 0.2) is 11.5 Å². The highest BCUT2D eigenvalue weighted by Gasteiger charge is 2.32. The lowest BCUT2D eigenvalue weighted by Gasteiger charge is -2.19. The average Bonchev–Trinajstić information content (AvgIpc) is 3.31. The molecule has 0 bridgehead atoms. The number of fused-ring (bicyclic) bond motifs is 1. The Labute approximate surface area is 200 Å². The van der Waals surface area contributed by atoms with E-state index in [-0.39, 0.29) is 12.5 Å². The maximum Gasteiger partial charge on any atom is 0.269 e. The minimum absolute atomic E-state index is 0.116. The number of ether oxygens (including phenoxy) is 2. The van der Waals surface area contributed by atoms with E-state index < -0.39 is 21.7 Å². The molecule has 1 aliphatic heterocycles. The van der Waals surface area contributed by atoms with E-state index in [4.69, 9.17) is 21.1 Å². The standard InChI is InChI=1S/C22H21ClN2O6S2/c1-30-19-8-15(4-6-18(19)31-11-16(26)12-33(2,28)29)25-10-13-7-20(32-21(13)22(25)27)17-5-3-14(23)9-24-17/h3-9,16,26H,10-12H2,1-2H3/t16-/m0/s1. The van der Waals surface area contributed by atoms with Crippen molar-refractivity contribution >= 4 is 44.4 Å². The number of benzene rings is 1. The first-order chi connectivity index (χ1) is 15.6. The van der Waals surface area contributed by atoms with Crippen molar-refractivity contribution in [3.63, 3.8) is 0 Å². The molecule has 1 aliphatic rings. The molecule has 0 saturated heterocycles. The Bertz CT molecular complexity index is 1290. The zero-order chi connectivity index (χ0) is 23.8. The lowest BCUT2D eigenvalue weighted by atomic mass is 10.2. The number of aromatic nitrogens is 1. The number of rotatable bonds is 8. The number of anilines is 1. The van der Waals surface area contributed by atoms with Crippen LogP contribution in [0, 0.1) is 0 Å². The zero-order valence-corrected chi connectivity index (χ0v) is 20.2. The molecule has 0 aliphatic carbocycles. The highest BCUT2D eigenvalue weighted by atomic mass is 35.5. The van der Waals surface area contributed by atoms with E-state index in [2.05, 4.69) is 4.98 Å². The number of aliphatic hydroxyl groups excluding tert-OH is 1. The van der Waals surface area contributed by atoms with Crippen molar-refractivity contribution in [2.75, 3.05) is 30.6 Å². The Morgan fingerprint density at radius 1 is 1.24 bits per heavy atom. The van der Waals surface area contributed by atoms with E-state index in [9.17, 15) is 18.3 Å². The molecular weight excluding hydrogens is 488 g/mol. The van der Waals surface area contributed by atoms with Gasteiger partial charge in [0.05, 0.1) is 39.9 Å². The average molecular weight is 509 g/mol. The lowest BCUT2D eigenvalue weighted by molar-refractivity contribution is 0.1000. The summed E-state index contributed by atoms with van der Waals surface area (Å²) in [6.07, 6.45) is 1.46. The molecule has 2 aromatic heterocycles. The molecule has 3 aromatic rings. The Morgan fingerprint density at radius 3 is 2.67 bits per heavy atom. The summed E-state index contributed by atoms with van der Waals surface area (Å²) in [5, 5.41) is 10.4. The Morgan fingerprint density at radius 2 is 2.03 bits per heavy atom. The molecule has 4 rings (SSSR count). The van der Waals surface area contributed by atoms with Gasteiger partial charge in [0.25, 0.3) is 5.91 Å². The topological polar surface area (TPSA) is 106 Å². The molecule has 8 nitrogen and oxygen atoms in total. The van der Waals surface area contributed by atoms with E-state index in [0.29, 0.717) is 33.6 Å². The molecular formula is C22H21ClN2O6S2. The van der Waals surface area contributed by atoms with Crippen LogP contribution in [-0.4, -0.2) is 56.2 Å². The Kier molecular flexibility index (Phi) is 6.62. The van der Waals surface area contributed by atoms with Crippen LogP contribution in [0.3, 0.4) is 0 Å². The van der Waals surface area contributed by atoms with Gasteiger partial charge in [0, 0.05) is 24.2 Å². The maximum absolute atomic E-state index is 13.1. The third kappa shape index (κ3) is 5.30. The van der Waals surface area contributed by atoms with Crippen molar-refractivity contribution in [2.24, 2.45) is 0 Å². The van der Waals surface area contributed by atoms with Gasteiger partial charge in [-0.05, 0) is 35.9 Å². The zero-order valence-electron chi connectivity index (χ0n) is 17.8. The number of pyridine rings is 1. The number of amides is 1. The van der Waals surface area contributed by atoms with Crippen molar-refractivity contribution in [1.82, 2.24) is 4.98 Å². The van der Waals surface area contributed by atoms with Crippen molar-refractivity contribution in [3.05, 3.63) is 58.1 Å². The molecule has 0 radical (unpaired) electrons. The van der Waals surface area contributed by atoms with Crippen molar-refractivity contribution < 1.29 is 27.8 Å². The van der Waals surface area contributed by atoms with Gasteiger partial charge in [-0.25, -0.2) is 8.42 Å². The molecule has 1 amide bonds. The van der Waals surface area contributed by atoms with Crippen LogP contribution < -0.4 is 14.4 Å². The summed E-state index contributed by atoms with van der Waals surface area (Å²) < 4.78 is 33.5. The second kappa shape index (κ2) is 9.30. The first kappa shape index (κ1) is 23.5. The smallest absolute Gasteiger partial charge is 0.269 e. The fraction of sp³-hybridized carbons (Fsp3) is 0.273. The van der Waals surface area contributed by atoms with Crippen molar-refractivity contribution in [3.8, 4) is 22.1 Å². The molecule has 0 saturated carbocycles. The lowest BCUT2D eigenvalue weighted by Crippen LogP contribution is -2.26. The molecule has 0 unspecified atom stereocenters. The predicted molar refractivity (Wildman–Crippen MR) is 127 cm³/mol. The summed E-state index contributed by atoms with van der Waals surface area (Å²) >= 11 is 7.29. The van der Waals surface area contributed by atoms with Crippen LogP contribution in [0.2, 0.25) is 5.02 Å². The fourth-order valence-corrected chi connectivity index (χ4v) is 5.48. The largest absolute Gasteiger partial charge is 0.493 e. The molecule has 3 heterocycles. The van der Waals surface area contributed by atoms with Gasteiger partial charge in [0.2, 0.25) is 0 Å². The number of methoxy groups -OCH3 is 1. The van der Waals surface area contributed by atoms with Crippen LogP contribution in [0.4, 0.5) is 5.69 Å². The van der Waals surface area contributed by atoms with E-state index in [1.54, 1.807) is 35.4 Å². The second-order valence-electron chi connectivity index (χ2n) is 7.61. The van der Waals surface area contributed by atoms with Crippen LogP contribution >= 0.6 is 22.9 Å². The molecule has 1 N–H and O–H groups in total. The first-order valence-electron chi connectivity index (χ1n) is 9.88.